The molecule has 18 heavy (non-hydrogen) atoms. The molecule has 1 fully saturated rings. The van der Waals surface area contributed by atoms with Crippen molar-refractivity contribution < 1.29 is 19.6 Å². The average molecular weight is 249 g/mol. The Balaban J connectivity index is 2.38. The van der Waals surface area contributed by atoms with Crippen molar-refractivity contribution in [3.63, 3.8) is 0 Å². The minimum absolute atomic E-state index is 0.0139. The molecule has 1 aliphatic rings. The molecule has 1 aliphatic heterocycles. The molecule has 3 amide bonds. The molecule has 8 heteroatoms. The highest BCUT2D eigenvalue weighted by Gasteiger charge is 2.23. The first-order valence-electron chi connectivity index (χ1n) is 4.79. The number of hydrogen-bond donors (Lipinski definition) is 3. The highest BCUT2D eigenvalue weighted by molar-refractivity contribution is 6.14. The van der Waals surface area contributed by atoms with Gasteiger partial charge in [0.15, 0.2) is 5.75 Å². The number of urea groups is 1. The summed E-state index contributed by atoms with van der Waals surface area (Å²) in [7, 11) is 0. The van der Waals surface area contributed by atoms with Crippen LogP contribution in [0.4, 0.5) is 10.5 Å². The third-order valence-corrected chi connectivity index (χ3v) is 2.23. The minimum Gasteiger partial charge on any atom is -0.502 e. The number of imide groups is 1. The fourth-order valence-corrected chi connectivity index (χ4v) is 1.43. The number of rotatable bonds is 2. The van der Waals surface area contributed by atoms with Gasteiger partial charge in [-0.2, -0.15) is 0 Å². The van der Waals surface area contributed by atoms with E-state index in [2.05, 4.69) is 5.32 Å². The first-order chi connectivity index (χ1) is 8.47. The van der Waals surface area contributed by atoms with Crippen LogP contribution in [0.25, 0.3) is 6.08 Å². The number of phenolic OH excluding ortho intramolecular Hbond substituents is 1. The molecular formula is C10H7N3O5. The van der Waals surface area contributed by atoms with E-state index in [4.69, 9.17) is 0 Å². The summed E-state index contributed by atoms with van der Waals surface area (Å²) in [4.78, 5) is 31.9. The predicted molar refractivity (Wildman–Crippen MR) is 59.4 cm³/mol. The van der Waals surface area contributed by atoms with Gasteiger partial charge in [0, 0.05) is 6.07 Å². The van der Waals surface area contributed by atoms with Crippen LogP contribution in [-0.2, 0) is 4.79 Å². The molecule has 0 aliphatic carbocycles. The molecule has 1 aromatic carbocycles. The topological polar surface area (TPSA) is 122 Å². The normalized spacial score (nSPS) is 16.6. The Morgan fingerprint density at radius 1 is 1.28 bits per heavy atom. The Morgan fingerprint density at radius 2 is 2.00 bits per heavy atom. The summed E-state index contributed by atoms with van der Waals surface area (Å²) in [6.45, 7) is 0. The number of phenols is 1. The Bertz CT molecular complexity index is 593. The number of hydrogen-bond acceptors (Lipinski definition) is 5. The van der Waals surface area contributed by atoms with Crippen LogP contribution in [0.3, 0.4) is 0 Å². The zero-order chi connectivity index (χ0) is 13.3. The van der Waals surface area contributed by atoms with E-state index in [1.165, 1.54) is 12.1 Å². The first kappa shape index (κ1) is 11.6. The highest BCUT2D eigenvalue weighted by atomic mass is 16.6. The second-order valence-electron chi connectivity index (χ2n) is 3.47. The van der Waals surface area contributed by atoms with Crippen molar-refractivity contribution in [3.8, 4) is 5.75 Å². The molecule has 0 aromatic heterocycles. The average Bonchev–Trinajstić information content (AvgIpc) is 2.60. The van der Waals surface area contributed by atoms with Crippen LogP contribution in [0, 0.1) is 10.1 Å². The summed E-state index contributed by atoms with van der Waals surface area (Å²) < 4.78 is 0. The van der Waals surface area contributed by atoms with Crippen molar-refractivity contribution in [3.05, 3.63) is 39.6 Å². The lowest BCUT2D eigenvalue weighted by molar-refractivity contribution is -0.385. The number of carbonyl (C=O) groups excluding carboxylic acids is 2. The molecule has 0 radical (unpaired) electrons. The molecule has 0 spiro atoms. The van der Waals surface area contributed by atoms with Gasteiger partial charge in [0.05, 0.1) is 4.92 Å². The standard InChI is InChI=1S/C10H7N3O5/c14-8-2-1-5(4-7(8)13(17)18)3-6-9(15)12-10(16)11-6/h1-4,14H,(H2,11,12,15,16)/b6-3-. The van der Waals surface area contributed by atoms with Crippen molar-refractivity contribution in [1.82, 2.24) is 10.6 Å². The van der Waals surface area contributed by atoms with Crippen LogP contribution in [0.1, 0.15) is 5.56 Å². The number of benzene rings is 1. The molecule has 0 unspecified atom stereocenters. The van der Waals surface area contributed by atoms with E-state index in [0.29, 0.717) is 5.56 Å². The number of carbonyl (C=O) groups is 2. The molecule has 1 saturated heterocycles. The van der Waals surface area contributed by atoms with Crippen molar-refractivity contribution in [1.29, 1.82) is 0 Å². The van der Waals surface area contributed by atoms with Crippen LogP contribution in [0.15, 0.2) is 23.9 Å². The molecule has 3 N–H and O–H groups in total. The predicted octanol–water partition coefficient (Wildman–Crippen LogP) is 0.481. The van der Waals surface area contributed by atoms with E-state index < -0.39 is 28.3 Å². The van der Waals surface area contributed by atoms with Crippen LogP contribution < -0.4 is 10.6 Å². The second kappa shape index (κ2) is 4.17. The molecule has 1 heterocycles. The Labute approximate surface area is 100 Å². The number of nitrogens with zero attached hydrogens (tertiary/aromatic N) is 1. The smallest absolute Gasteiger partial charge is 0.326 e. The Hall–Kier alpha value is -2.90. The SMILES string of the molecule is O=C1NC(=O)/C(=C/c2ccc(O)c([N+](=O)[O-])c2)N1. The maximum absolute atomic E-state index is 11.2. The lowest BCUT2D eigenvalue weighted by atomic mass is 10.1. The van der Waals surface area contributed by atoms with E-state index in [0.717, 1.165) is 12.1 Å². The van der Waals surface area contributed by atoms with Crippen LogP contribution >= 0.6 is 0 Å². The minimum atomic E-state index is -0.745. The Kier molecular flexibility index (Phi) is 2.68. The molecule has 1 aromatic rings. The van der Waals surface area contributed by atoms with Crippen molar-refractivity contribution in [2.24, 2.45) is 0 Å². The Morgan fingerprint density at radius 3 is 2.56 bits per heavy atom. The molecule has 0 saturated carbocycles. The number of nitrogens with one attached hydrogen (secondary N) is 2. The zero-order valence-corrected chi connectivity index (χ0v) is 8.84. The van der Waals surface area contributed by atoms with Gasteiger partial charge in [-0.25, -0.2) is 4.79 Å². The summed E-state index contributed by atoms with van der Waals surface area (Å²) in [5.41, 5.74) is -0.180. The van der Waals surface area contributed by atoms with E-state index >= 15 is 0 Å². The number of aromatic hydroxyl groups is 1. The van der Waals surface area contributed by atoms with Crippen molar-refractivity contribution in [2.75, 3.05) is 0 Å². The number of nitro groups is 1. The summed E-state index contributed by atoms with van der Waals surface area (Å²) in [6, 6.07) is 2.96. The van der Waals surface area contributed by atoms with E-state index in [-0.39, 0.29) is 5.70 Å². The summed E-state index contributed by atoms with van der Waals surface area (Å²) in [5, 5.41) is 24.1. The lowest BCUT2D eigenvalue weighted by Crippen LogP contribution is -2.22. The number of amides is 3. The van der Waals surface area contributed by atoms with Crippen LogP contribution in [0.5, 0.6) is 5.75 Å². The van der Waals surface area contributed by atoms with Gasteiger partial charge in [-0.1, -0.05) is 6.07 Å². The highest BCUT2D eigenvalue weighted by Crippen LogP contribution is 2.27. The molecule has 0 atom stereocenters. The maximum Gasteiger partial charge on any atom is 0.326 e. The van der Waals surface area contributed by atoms with Crippen LogP contribution in [-0.4, -0.2) is 22.0 Å². The molecule has 92 valence electrons. The van der Waals surface area contributed by atoms with E-state index in [1.807, 2.05) is 5.32 Å². The van der Waals surface area contributed by atoms with Gasteiger partial charge in [0.2, 0.25) is 0 Å². The molecule has 2 rings (SSSR count). The summed E-state index contributed by atoms with van der Waals surface area (Å²) in [6.07, 6.45) is 1.27. The summed E-state index contributed by atoms with van der Waals surface area (Å²) >= 11 is 0. The monoisotopic (exact) mass is 249 g/mol. The third kappa shape index (κ3) is 2.12. The summed E-state index contributed by atoms with van der Waals surface area (Å²) in [5.74, 6) is -1.09. The maximum atomic E-state index is 11.2. The van der Waals surface area contributed by atoms with E-state index in [1.54, 1.807) is 0 Å². The van der Waals surface area contributed by atoms with Gasteiger partial charge in [-0.15, -0.1) is 0 Å². The van der Waals surface area contributed by atoms with Gasteiger partial charge < -0.3 is 10.4 Å². The fourth-order valence-electron chi connectivity index (χ4n) is 1.43. The van der Waals surface area contributed by atoms with Gasteiger partial charge >= 0.3 is 11.7 Å². The largest absolute Gasteiger partial charge is 0.502 e. The quantitative estimate of drug-likeness (QED) is 0.304. The zero-order valence-electron chi connectivity index (χ0n) is 8.84. The number of nitro benzene ring substituents is 1. The van der Waals surface area contributed by atoms with E-state index in [9.17, 15) is 24.8 Å². The van der Waals surface area contributed by atoms with Crippen molar-refractivity contribution in [2.45, 2.75) is 0 Å². The molecule has 0 bridgehead atoms. The third-order valence-electron chi connectivity index (χ3n) is 2.23. The lowest BCUT2D eigenvalue weighted by Gasteiger charge is -1.98. The van der Waals surface area contributed by atoms with Crippen LogP contribution in [0.2, 0.25) is 0 Å². The van der Waals surface area contributed by atoms with Crippen molar-refractivity contribution >= 4 is 23.7 Å². The van der Waals surface area contributed by atoms with Gasteiger partial charge in [-0.3, -0.25) is 20.2 Å². The molecule has 8 nitrogen and oxygen atoms in total. The fraction of sp³-hybridized carbons (Fsp3) is 0. The van der Waals surface area contributed by atoms with Gasteiger partial charge in [0.25, 0.3) is 5.91 Å². The molecular weight excluding hydrogens is 242 g/mol. The second-order valence-corrected chi connectivity index (χ2v) is 3.47. The first-order valence-corrected chi connectivity index (χ1v) is 4.79. The van der Waals surface area contributed by atoms with Gasteiger partial charge in [-0.05, 0) is 17.7 Å². The van der Waals surface area contributed by atoms with Gasteiger partial charge in [0.1, 0.15) is 5.70 Å².